The Hall–Kier alpha value is -3.28. The van der Waals surface area contributed by atoms with E-state index >= 15 is 0 Å². The van der Waals surface area contributed by atoms with Gasteiger partial charge in [-0.3, -0.25) is 4.98 Å². The topological polar surface area (TPSA) is 90.1 Å². The summed E-state index contributed by atoms with van der Waals surface area (Å²) in [5.74, 6) is 0.00239. The molecule has 0 aliphatic heterocycles. The van der Waals surface area contributed by atoms with Crippen molar-refractivity contribution in [2.45, 2.75) is 13.1 Å². The fourth-order valence-electron chi connectivity index (χ4n) is 2.13. The van der Waals surface area contributed by atoms with Crippen LogP contribution in [0.5, 0.6) is 5.06 Å². The number of amides is 1. The predicted octanol–water partition coefficient (Wildman–Crippen LogP) is 4.46. The lowest BCUT2D eigenvalue weighted by Gasteiger charge is -2.07. The summed E-state index contributed by atoms with van der Waals surface area (Å²) in [6, 6.07) is 2.70. The van der Waals surface area contributed by atoms with Gasteiger partial charge in [0.1, 0.15) is 28.8 Å². The van der Waals surface area contributed by atoms with Gasteiger partial charge in [0, 0.05) is 5.56 Å². The number of rotatable bonds is 5. The second-order valence-electron chi connectivity index (χ2n) is 5.57. The van der Waals surface area contributed by atoms with Crippen LogP contribution in [0.15, 0.2) is 29.0 Å². The highest BCUT2D eigenvalue weighted by Crippen LogP contribution is 2.28. The molecule has 3 rings (SSSR count). The number of hydrogen-bond acceptors (Lipinski definition) is 7. The highest BCUT2D eigenvalue weighted by Gasteiger charge is 2.28. The van der Waals surface area contributed by atoms with Crippen molar-refractivity contribution in [3.63, 3.8) is 0 Å². The maximum absolute atomic E-state index is 13.1. The zero-order chi connectivity index (χ0) is 21.0. The van der Waals surface area contributed by atoms with Crippen molar-refractivity contribution in [3.8, 4) is 16.5 Å². The Balaban J connectivity index is 1.69. The Morgan fingerprint density at radius 1 is 1.28 bits per heavy atom. The molecule has 0 atom stereocenters. The van der Waals surface area contributed by atoms with E-state index in [1.165, 1.54) is 18.3 Å². The first kappa shape index (κ1) is 20.5. The van der Waals surface area contributed by atoms with Gasteiger partial charge in [0.15, 0.2) is 0 Å². The average molecular weight is 428 g/mol. The number of alkyl halides is 3. The summed E-state index contributed by atoms with van der Waals surface area (Å²) in [6.45, 7) is 0.186. The largest absolute Gasteiger partial charge is 0.413 e. The van der Waals surface area contributed by atoms with E-state index in [9.17, 15) is 22.4 Å². The highest BCUT2D eigenvalue weighted by atomic mass is 32.1. The van der Waals surface area contributed by atoms with E-state index < -0.39 is 24.6 Å². The Bertz CT molecular complexity index is 1030. The molecule has 0 saturated heterocycles. The van der Waals surface area contributed by atoms with Gasteiger partial charge in [-0.25, -0.2) is 14.2 Å². The third-order valence-electron chi connectivity index (χ3n) is 3.40. The van der Waals surface area contributed by atoms with E-state index in [4.69, 9.17) is 9.26 Å². The molecule has 0 saturated carbocycles. The van der Waals surface area contributed by atoms with Crippen molar-refractivity contribution in [1.82, 2.24) is 20.4 Å². The number of carbonyl (C=O) groups is 1. The Morgan fingerprint density at radius 2 is 2.07 bits per heavy atom. The van der Waals surface area contributed by atoms with E-state index in [0.29, 0.717) is 27.7 Å². The predicted molar refractivity (Wildman–Crippen MR) is 95.6 cm³/mol. The SMILES string of the molecule is Cc1onc(-c2ccc(F)cn2)c1/C=C/c1ncc(OC(=O)NCC(F)(F)F)s1. The van der Waals surface area contributed by atoms with Crippen molar-refractivity contribution in [3.05, 3.63) is 46.7 Å². The number of nitrogens with one attached hydrogen (secondary N) is 1. The molecule has 12 heteroatoms. The first-order chi connectivity index (χ1) is 13.7. The summed E-state index contributed by atoms with van der Waals surface area (Å²) in [7, 11) is 0. The summed E-state index contributed by atoms with van der Waals surface area (Å²) < 4.78 is 59.2. The van der Waals surface area contributed by atoms with Gasteiger partial charge >= 0.3 is 12.3 Å². The molecule has 3 aromatic rings. The number of thiazole rings is 1. The zero-order valence-corrected chi connectivity index (χ0v) is 15.5. The van der Waals surface area contributed by atoms with Crippen LogP contribution in [-0.4, -0.2) is 33.9 Å². The molecule has 0 aliphatic rings. The molecule has 0 spiro atoms. The molecule has 0 unspecified atom stereocenters. The Labute approximate surface area is 165 Å². The number of pyridine rings is 1. The van der Waals surface area contributed by atoms with Crippen LogP contribution in [0.3, 0.4) is 0 Å². The van der Waals surface area contributed by atoms with Crippen LogP contribution < -0.4 is 10.1 Å². The third-order valence-corrected chi connectivity index (χ3v) is 4.24. The molecule has 0 fully saturated rings. The van der Waals surface area contributed by atoms with Crippen molar-refractivity contribution in [2.75, 3.05) is 6.54 Å². The van der Waals surface area contributed by atoms with Gasteiger partial charge in [0.05, 0.1) is 18.1 Å². The van der Waals surface area contributed by atoms with Crippen LogP contribution in [0.1, 0.15) is 16.3 Å². The van der Waals surface area contributed by atoms with Crippen LogP contribution in [0.25, 0.3) is 23.5 Å². The maximum atomic E-state index is 13.1. The summed E-state index contributed by atoms with van der Waals surface area (Å²) in [5, 5.41) is 5.95. The van der Waals surface area contributed by atoms with Crippen LogP contribution in [0, 0.1) is 12.7 Å². The number of halogens is 4. The number of carbonyl (C=O) groups excluding carboxylic acids is 1. The lowest BCUT2D eigenvalue weighted by Crippen LogP contribution is -2.35. The third kappa shape index (κ3) is 5.60. The van der Waals surface area contributed by atoms with Gasteiger partial charge in [-0.05, 0) is 31.2 Å². The molecule has 3 aromatic heterocycles. The molecule has 0 aromatic carbocycles. The van der Waals surface area contributed by atoms with Gasteiger partial charge in [-0.1, -0.05) is 16.5 Å². The number of nitrogens with zero attached hydrogens (tertiary/aromatic N) is 3. The van der Waals surface area contributed by atoms with E-state index in [1.807, 2.05) is 0 Å². The molecule has 1 N–H and O–H groups in total. The Morgan fingerprint density at radius 3 is 2.76 bits per heavy atom. The van der Waals surface area contributed by atoms with Crippen molar-refractivity contribution in [1.29, 1.82) is 0 Å². The second kappa shape index (κ2) is 8.39. The van der Waals surface area contributed by atoms with Crippen molar-refractivity contribution < 1.29 is 31.6 Å². The normalized spacial score (nSPS) is 11.8. The van der Waals surface area contributed by atoms with E-state index in [-0.39, 0.29) is 5.06 Å². The average Bonchev–Trinajstić information content (AvgIpc) is 3.25. The van der Waals surface area contributed by atoms with Crippen LogP contribution in [-0.2, 0) is 0 Å². The summed E-state index contributed by atoms with van der Waals surface area (Å²) in [4.78, 5) is 19.3. The van der Waals surface area contributed by atoms with Crippen molar-refractivity contribution in [2.24, 2.45) is 0 Å². The molecule has 0 bridgehead atoms. The number of ether oxygens (including phenoxy) is 1. The minimum absolute atomic E-state index is 0.0202. The van der Waals surface area contributed by atoms with Crippen LogP contribution in [0.4, 0.5) is 22.4 Å². The fourth-order valence-corrected chi connectivity index (χ4v) is 2.80. The molecule has 0 aliphatic carbocycles. The van der Waals surface area contributed by atoms with Crippen molar-refractivity contribution >= 4 is 29.6 Å². The van der Waals surface area contributed by atoms with E-state index in [2.05, 4.69) is 15.1 Å². The Kier molecular flexibility index (Phi) is 5.92. The van der Waals surface area contributed by atoms with Gasteiger partial charge in [-0.2, -0.15) is 13.2 Å². The van der Waals surface area contributed by atoms with Gasteiger partial charge < -0.3 is 14.6 Å². The first-order valence-corrected chi connectivity index (χ1v) is 8.77. The number of hydrogen-bond donors (Lipinski definition) is 1. The summed E-state index contributed by atoms with van der Waals surface area (Å²) in [6.07, 6.45) is -0.285. The molecule has 3 heterocycles. The van der Waals surface area contributed by atoms with Crippen LogP contribution >= 0.6 is 11.3 Å². The zero-order valence-electron chi connectivity index (χ0n) is 14.7. The minimum atomic E-state index is -4.53. The monoisotopic (exact) mass is 428 g/mol. The molecular weight excluding hydrogens is 416 g/mol. The first-order valence-electron chi connectivity index (χ1n) is 7.96. The van der Waals surface area contributed by atoms with Gasteiger partial charge in [0.2, 0.25) is 5.06 Å². The molecule has 152 valence electrons. The highest BCUT2D eigenvalue weighted by molar-refractivity contribution is 7.14. The van der Waals surface area contributed by atoms with E-state index in [0.717, 1.165) is 17.5 Å². The molecule has 1 amide bonds. The smallest absolute Gasteiger partial charge is 0.397 e. The minimum Gasteiger partial charge on any atom is -0.397 e. The maximum Gasteiger partial charge on any atom is 0.413 e. The lowest BCUT2D eigenvalue weighted by atomic mass is 10.1. The quantitative estimate of drug-likeness (QED) is 0.604. The van der Waals surface area contributed by atoms with Gasteiger partial charge in [-0.15, -0.1) is 0 Å². The number of aryl methyl sites for hydroxylation is 1. The van der Waals surface area contributed by atoms with E-state index in [1.54, 1.807) is 24.4 Å². The molecular formula is C17H12F4N4O3S. The molecule has 7 nitrogen and oxygen atoms in total. The fraction of sp³-hybridized carbons (Fsp3) is 0.176. The lowest BCUT2D eigenvalue weighted by molar-refractivity contribution is -0.123. The number of aromatic nitrogens is 3. The standard InChI is InChI=1S/C17H12F4N4O3S/c1-9-11(15(25-28-9)12-4-2-10(18)6-22-12)3-5-13-23-7-14(29-13)27-16(26)24-8-17(19,20)21/h2-7H,8H2,1H3,(H,24,26)/b5-3+. The summed E-state index contributed by atoms with van der Waals surface area (Å²) >= 11 is 0.947. The summed E-state index contributed by atoms with van der Waals surface area (Å²) in [5.41, 5.74) is 1.40. The molecule has 0 radical (unpaired) electrons. The van der Waals surface area contributed by atoms with Crippen LogP contribution in [0.2, 0.25) is 0 Å². The second-order valence-corrected chi connectivity index (χ2v) is 6.60. The molecule has 29 heavy (non-hydrogen) atoms. The van der Waals surface area contributed by atoms with Gasteiger partial charge in [0.25, 0.3) is 0 Å².